The summed E-state index contributed by atoms with van der Waals surface area (Å²) in [6, 6.07) is 5.64. The number of hydrogen-bond acceptors (Lipinski definition) is 2. The molecule has 3 nitrogen and oxygen atoms in total. The fourth-order valence-electron chi connectivity index (χ4n) is 1.29. The van der Waals surface area contributed by atoms with Crippen LogP contribution in [0.25, 0.3) is 0 Å². The van der Waals surface area contributed by atoms with Crippen molar-refractivity contribution in [3.8, 4) is 0 Å². The molecule has 1 rings (SSSR count). The minimum atomic E-state index is -0.0838. The number of carbonyl (C=O) groups is 1. The summed E-state index contributed by atoms with van der Waals surface area (Å²) in [6.45, 7) is 4.47. The molecule has 0 aliphatic heterocycles. The third-order valence-corrected chi connectivity index (χ3v) is 3.54. The molecule has 0 radical (unpaired) electrons. The Morgan fingerprint density at radius 3 is 2.88 bits per heavy atom. The van der Waals surface area contributed by atoms with Gasteiger partial charge in [-0.15, -0.1) is 0 Å². The van der Waals surface area contributed by atoms with E-state index in [1.165, 1.54) is 0 Å². The number of hydrogen-bond donors (Lipinski definition) is 2. The Bertz CT molecular complexity index is 379. The maximum atomic E-state index is 11.8. The summed E-state index contributed by atoms with van der Waals surface area (Å²) < 4.78 is 0.845. The van der Waals surface area contributed by atoms with Crippen LogP contribution in [0.3, 0.4) is 0 Å². The normalized spacial score (nSPS) is 12.2. The first kappa shape index (κ1) is 13.2. The van der Waals surface area contributed by atoms with Gasteiger partial charge in [0.2, 0.25) is 0 Å². The summed E-state index contributed by atoms with van der Waals surface area (Å²) in [6.07, 6.45) is 0.856. The molecule has 1 atom stereocenters. The van der Waals surface area contributed by atoms with Crippen LogP contribution < -0.4 is 11.1 Å². The molecule has 0 bridgehead atoms. The molecule has 0 aliphatic rings. The van der Waals surface area contributed by atoms with Gasteiger partial charge in [-0.2, -0.15) is 0 Å². The van der Waals surface area contributed by atoms with Gasteiger partial charge in [-0.25, -0.2) is 0 Å². The van der Waals surface area contributed by atoms with Crippen molar-refractivity contribution in [1.82, 2.24) is 5.32 Å². The molecule has 1 unspecified atom stereocenters. The lowest BCUT2D eigenvalue weighted by atomic mass is 10.1. The van der Waals surface area contributed by atoms with Crippen LogP contribution in [0.5, 0.6) is 0 Å². The average molecular weight is 285 g/mol. The highest BCUT2D eigenvalue weighted by Crippen LogP contribution is 2.20. The van der Waals surface area contributed by atoms with E-state index in [-0.39, 0.29) is 11.9 Å². The van der Waals surface area contributed by atoms with Crippen molar-refractivity contribution in [1.29, 1.82) is 0 Å². The SMILES string of the molecule is CCC(N)CNC(=O)c1cccc(C)c1Br. The highest BCUT2D eigenvalue weighted by molar-refractivity contribution is 9.10. The van der Waals surface area contributed by atoms with Crippen LogP contribution in [0.1, 0.15) is 29.3 Å². The van der Waals surface area contributed by atoms with Crippen molar-refractivity contribution < 1.29 is 4.79 Å². The lowest BCUT2D eigenvalue weighted by molar-refractivity contribution is 0.0950. The second-order valence-electron chi connectivity index (χ2n) is 3.81. The Labute approximate surface area is 105 Å². The van der Waals surface area contributed by atoms with Crippen LogP contribution in [0.4, 0.5) is 0 Å². The van der Waals surface area contributed by atoms with Crippen LogP contribution in [-0.4, -0.2) is 18.5 Å². The number of amides is 1. The van der Waals surface area contributed by atoms with E-state index in [1.807, 2.05) is 26.0 Å². The quantitative estimate of drug-likeness (QED) is 0.891. The zero-order valence-electron chi connectivity index (χ0n) is 9.59. The molecule has 0 fully saturated rings. The number of halogens is 1. The van der Waals surface area contributed by atoms with Gasteiger partial charge in [0.05, 0.1) is 5.56 Å². The van der Waals surface area contributed by atoms with Gasteiger partial charge in [0.25, 0.3) is 5.91 Å². The molecule has 4 heteroatoms. The number of aryl methyl sites for hydroxylation is 1. The molecule has 88 valence electrons. The van der Waals surface area contributed by atoms with E-state index in [1.54, 1.807) is 6.07 Å². The predicted octanol–water partition coefficient (Wildman–Crippen LogP) is 2.22. The van der Waals surface area contributed by atoms with E-state index in [2.05, 4.69) is 21.2 Å². The van der Waals surface area contributed by atoms with Gasteiger partial charge in [0, 0.05) is 17.1 Å². The van der Waals surface area contributed by atoms with Crippen LogP contribution in [-0.2, 0) is 0 Å². The molecule has 16 heavy (non-hydrogen) atoms. The molecular weight excluding hydrogens is 268 g/mol. The molecule has 1 aromatic rings. The van der Waals surface area contributed by atoms with E-state index < -0.39 is 0 Å². The maximum Gasteiger partial charge on any atom is 0.252 e. The first-order valence-electron chi connectivity index (χ1n) is 5.35. The first-order valence-corrected chi connectivity index (χ1v) is 6.14. The smallest absolute Gasteiger partial charge is 0.252 e. The molecule has 3 N–H and O–H groups in total. The number of rotatable bonds is 4. The van der Waals surface area contributed by atoms with Crippen molar-refractivity contribution in [3.05, 3.63) is 33.8 Å². The second-order valence-corrected chi connectivity index (χ2v) is 4.61. The number of carbonyl (C=O) groups excluding carboxylic acids is 1. The average Bonchev–Trinajstić information content (AvgIpc) is 2.29. The molecule has 0 saturated heterocycles. The summed E-state index contributed by atoms with van der Waals surface area (Å²) in [4.78, 5) is 11.8. The maximum absolute atomic E-state index is 11.8. The Morgan fingerprint density at radius 2 is 2.25 bits per heavy atom. The van der Waals surface area contributed by atoms with Crippen LogP contribution in [0.2, 0.25) is 0 Å². The monoisotopic (exact) mass is 284 g/mol. The zero-order chi connectivity index (χ0) is 12.1. The van der Waals surface area contributed by atoms with Gasteiger partial charge in [-0.1, -0.05) is 19.1 Å². The largest absolute Gasteiger partial charge is 0.350 e. The number of benzene rings is 1. The van der Waals surface area contributed by atoms with Gasteiger partial charge >= 0.3 is 0 Å². The van der Waals surface area contributed by atoms with Crippen LogP contribution in [0.15, 0.2) is 22.7 Å². The summed E-state index contributed by atoms with van der Waals surface area (Å²) >= 11 is 3.41. The Kier molecular flexibility index (Phi) is 4.96. The third kappa shape index (κ3) is 3.32. The lowest BCUT2D eigenvalue weighted by Crippen LogP contribution is -2.36. The summed E-state index contributed by atoms with van der Waals surface area (Å²) in [5, 5.41) is 2.82. The molecule has 0 heterocycles. The van der Waals surface area contributed by atoms with Gasteiger partial charge in [0.15, 0.2) is 0 Å². The van der Waals surface area contributed by atoms with Crippen molar-refractivity contribution in [2.45, 2.75) is 26.3 Å². The Hall–Kier alpha value is -0.870. The lowest BCUT2D eigenvalue weighted by Gasteiger charge is -2.11. The molecule has 0 spiro atoms. The highest BCUT2D eigenvalue weighted by Gasteiger charge is 2.11. The summed E-state index contributed by atoms with van der Waals surface area (Å²) in [5.41, 5.74) is 7.45. The van der Waals surface area contributed by atoms with Crippen molar-refractivity contribution in [3.63, 3.8) is 0 Å². The van der Waals surface area contributed by atoms with E-state index >= 15 is 0 Å². The van der Waals surface area contributed by atoms with Gasteiger partial charge in [0.1, 0.15) is 0 Å². The molecule has 0 aromatic heterocycles. The number of nitrogens with one attached hydrogen (secondary N) is 1. The summed E-state index contributed by atoms with van der Waals surface area (Å²) in [5.74, 6) is -0.0838. The van der Waals surface area contributed by atoms with Crippen LogP contribution in [0, 0.1) is 6.92 Å². The first-order chi connectivity index (χ1) is 7.56. The molecule has 1 aromatic carbocycles. The zero-order valence-corrected chi connectivity index (χ0v) is 11.2. The fourth-order valence-corrected chi connectivity index (χ4v) is 1.73. The standard InChI is InChI=1S/C12H17BrN2O/c1-3-9(14)7-15-12(16)10-6-4-5-8(2)11(10)13/h4-6,9H,3,7,14H2,1-2H3,(H,15,16). The van der Waals surface area contributed by atoms with Crippen molar-refractivity contribution in [2.75, 3.05) is 6.54 Å². The van der Waals surface area contributed by atoms with E-state index in [0.717, 1.165) is 16.5 Å². The van der Waals surface area contributed by atoms with Gasteiger partial charge < -0.3 is 11.1 Å². The molecule has 0 aliphatic carbocycles. The molecule has 0 saturated carbocycles. The minimum absolute atomic E-state index is 0.0209. The van der Waals surface area contributed by atoms with Gasteiger partial charge in [-0.3, -0.25) is 4.79 Å². The summed E-state index contributed by atoms with van der Waals surface area (Å²) in [7, 11) is 0. The molecular formula is C12H17BrN2O. The van der Waals surface area contributed by atoms with Crippen molar-refractivity contribution in [2.24, 2.45) is 5.73 Å². The fraction of sp³-hybridized carbons (Fsp3) is 0.417. The topological polar surface area (TPSA) is 55.1 Å². The van der Waals surface area contributed by atoms with E-state index in [0.29, 0.717) is 12.1 Å². The predicted molar refractivity (Wildman–Crippen MR) is 69.5 cm³/mol. The second kappa shape index (κ2) is 6.01. The Balaban J connectivity index is 2.70. The van der Waals surface area contributed by atoms with E-state index in [9.17, 15) is 4.79 Å². The Morgan fingerprint density at radius 1 is 1.56 bits per heavy atom. The van der Waals surface area contributed by atoms with Gasteiger partial charge in [-0.05, 0) is 40.9 Å². The van der Waals surface area contributed by atoms with Crippen molar-refractivity contribution >= 4 is 21.8 Å². The highest BCUT2D eigenvalue weighted by atomic mass is 79.9. The molecule has 1 amide bonds. The number of nitrogens with two attached hydrogens (primary N) is 1. The third-order valence-electron chi connectivity index (χ3n) is 2.49. The van der Waals surface area contributed by atoms with E-state index in [4.69, 9.17) is 5.73 Å². The minimum Gasteiger partial charge on any atom is -0.350 e. The van der Waals surface area contributed by atoms with Crippen LogP contribution >= 0.6 is 15.9 Å².